The molecule has 2 aromatic carbocycles. The molecule has 0 aliphatic heterocycles. The van der Waals surface area contributed by atoms with Crippen LogP contribution in [0.25, 0.3) is 0 Å². The minimum Gasteiger partial charge on any atom is -0.326 e. The van der Waals surface area contributed by atoms with Crippen LogP contribution in [-0.2, 0) is 14.8 Å². The van der Waals surface area contributed by atoms with Crippen molar-refractivity contribution in [1.82, 2.24) is 4.72 Å². The summed E-state index contributed by atoms with van der Waals surface area (Å²) in [5, 5.41) is 5.35. The summed E-state index contributed by atoms with van der Waals surface area (Å²) >= 11 is 0. The van der Waals surface area contributed by atoms with E-state index >= 15 is 0 Å². The number of hydrogen-bond acceptors (Lipinski definition) is 4. The maximum absolute atomic E-state index is 12.2. The van der Waals surface area contributed by atoms with Crippen LogP contribution in [0.5, 0.6) is 0 Å². The first kappa shape index (κ1) is 30.4. The van der Waals surface area contributed by atoms with E-state index in [0.717, 1.165) is 12.8 Å². The van der Waals surface area contributed by atoms with E-state index in [-0.39, 0.29) is 10.8 Å². The third-order valence-electron chi connectivity index (χ3n) is 6.21. The lowest BCUT2D eigenvalue weighted by molar-refractivity contribution is -0.116. The Morgan fingerprint density at radius 3 is 1.59 bits per heavy atom. The van der Waals surface area contributed by atoms with Crippen molar-refractivity contribution in [3.05, 3.63) is 54.6 Å². The molecular weight excluding hydrogens is 486 g/mol. The molecule has 2 rings (SSSR count). The minimum absolute atomic E-state index is 0.00621. The molecule has 7 nitrogen and oxygen atoms in total. The predicted octanol–water partition coefficient (Wildman–Crippen LogP) is 7.62. The molecule has 0 atom stereocenters. The first-order valence-corrected chi connectivity index (χ1v) is 15.2. The lowest BCUT2D eigenvalue weighted by atomic mass is 10.0. The third-order valence-corrected chi connectivity index (χ3v) is 7.56. The molecule has 0 aliphatic rings. The predicted molar refractivity (Wildman–Crippen MR) is 151 cm³/mol. The van der Waals surface area contributed by atoms with Crippen LogP contribution in [0.1, 0.15) is 96.8 Å². The maximum Gasteiger partial charge on any atom is 0.333 e. The number of nitrogens with one attached hydrogen (secondary N) is 3. The number of urea groups is 1. The molecule has 3 amide bonds. The largest absolute Gasteiger partial charge is 0.333 e. The van der Waals surface area contributed by atoms with Crippen LogP contribution in [0, 0.1) is 0 Å². The Kier molecular flexibility index (Phi) is 14.4. The molecule has 0 unspecified atom stereocenters. The van der Waals surface area contributed by atoms with Gasteiger partial charge in [0.05, 0.1) is 4.90 Å². The molecule has 0 bridgehead atoms. The summed E-state index contributed by atoms with van der Waals surface area (Å²) in [4.78, 5) is 24.3. The van der Waals surface area contributed by atoms with E-state index in [1.807, 2.05) is 4.72 Å². The summed E-state index contributed by atoms with van der Waals surface area (Å²) in [6, 6.07) is 13.4. The first-order valence-electron chi connectivity index (χ1n) is 13.7. The number of benzene rings is 2. The minimum atomic E-state index is -3.95. The fraction of sp³-hybridized carbons (Fsp3) is 0.517. The van der Waals surface area contributed by atoms with Crippen LogP contribution in [-0.4, -0.2) is 20.4 Å². The highest BCUT2D eigenvalue weighted by atomic mass is 32.2. The highest BCUT2D eigenvalue weighted by Crippen LogP contribution is 2.16. The Bertz CT molecular complexity index is 1020. The van der Waals surface area contributed by atoms with Crippen molar-refractivity contribution in [3.8, 4) is 0 Å². The Morgan fingerprint density at radius 2 is 1.08 bits per heavy atom. The van der Waals surface area contributed by atoms with Crippen molar-refractivity contribution < 1.29 is 18.0 Å². The average Bonchev–Trinajstić information content (AvgIpc) is 2.88. The first-order chi connectivity index (χ1) is 17.9. The highest BCUT2D eigenvalue weighted by Gasteiger charge is 2.17. The van der Waals surface area contributed by atoms with E-state index in [2.05, 4.69) is 17.6 Å². The number of anilines is 2. The molecule has 37 heavy (non-hydrogen) atoms. The van der Waals surface area contributed by atoms with E-state index in [4.69, 9.17) is 0 Å². The standard InChI is InChI=1S/C29H43N3O4S/c1-2-3-4-5-6-7-8-9-10-11-12-13-17-20-28(33)30-25-21-23-26(24-22-25)31-29(34)32-37(35,36)27-18-15-14-16-19-27/h14-16,18-19,21-24H,2-13,17,20H2,1H3,(H,30,33)(H2,31,32,34). The van der Waals surface area contributed by atoms with Crippen LogP contribution in [0.4, 0.5) is 16.2 Å². The monoisotopic (exact) mass is 529 g/mol. The lowest BCUT2D eigenvalue weighted by Gasteiger charge is -2.10. The van der Waals surface area contributed by atoms with Gasteiger partial charge < -0.3 is 10.6 Å². The molecule has 8 heteroatoms. The molecule has 2 aromatic rings. The number of carbonyl (C=O) groups is 2. The average molecular weight is 530 g/mol. The van der Waals surface area contributed by atoms with Crippen LogP contribution in [0.2, 0.25) is 0 Å². The topological polar surface area (TPSA) is 104 Å². The van der Waals surface area contributed by atoms with Crippen molar-refractivity contribution in [3.63, 3.8) is 0 Å². The van der Waals surface area contributed by atoms with Gasteiger partial charge in [-0.3, -0.25) is 4.79 Å². The maximum atomic E-state index is 12.2. The van der Waals surface area contributed by atoms with Gasteiger partial charge in [-0.1, -0.05) is 102 Å². The van der Waals surface area contributed by atoms with Gasteiger partial charge in [-0.2, -0.15) is 0 Å². The van der Waals surface area contributed by atoms with Gasteiger partial charge in [0.25, 0.3) is 10.0 Å². The van der Waals surface area contributed by atoms with Crippen molar-refractivity contribution in [2.45, 2.75) is 102 Å². The zero-order valence-corrected chi connectivity index (χ0v) is 23.0. The zero-order chi connectivity index (χ0) is 26.8. The van der Waals surface area contributed by atoms with Crippen molar-refractivity contribution >= 4 is 33.3 Å². The zero-order valence-electron chi connectivity index (χ0n) is 22.1. The number of unbranched alkanes of at least 4 members (excludes halogenated alkanes) is 12. The molecule has 0 saturated heterocycles. The Labute approximate surface area is 222 Å². The number of sulfonamides is 1. The van der Waals surface area contributed by atoms with Gasteiger partial charge in [0, 0.05) is 17.8 Å². The lowest BCUT2D eigenvalue weighted by Crippen LogP contribution is -2.34. The van der Waals surface area contributed by atoms with Gasteiger partial charge in [0.15, 0.2) is 0 Å². The normalized spacial score (nSPS) is 11.2. The van der Waals surface area contributed by atoms with Gasteiger partial charge in [-0.05, 0) is 42.8 Å². The van der Waals surface area contributed by atoms with Gasteiger partial charge in [0.1, 0.15) is 0 Å². The summed E-state index contributed by atoms with van der Waals surface area (Å²) in [6.45, 7) is 2.25. The second-order valence-corrected chi connectivity index (χ2v) is 11.2. The molecule has 0 aromatic heterocycles. The number of rotatable bonds is 18. The molecule has 204 valence electrons. The Hall–Kier alpha value is -2.87. The quantitative estimate of drug-likeness (QED) is 0.173. The summed E-state index contributed by atoms with van der Waals surface area (Å²) in [5.41, 5.74) is 1.04. The summed E-state index contributed by atoms with van der Waals surface area (Å²) in [6.07, 6.45) is 17.0. The van der Waals surface area contributed by atoms with Crippen molar-refractivity contribution in [1.29, 1.82) is 0 Å². The van der Waals surface area contributed by atoms with Crippen molar-refractivity contribution in [2.75, 3.05) is 10.6 Å². The van der Waals surface area contributed by atoms with E-state index in [1.165, 1.54) is 82.8 Å². The smallest absolute Gasteiger partial charge is 0.326 e. The number of carbonyl (C=O) groups excluding carboxylic acids is 2. The van der Waals surface area contributed by atoms with Gasteiger partial charge >= 0.3 is 6.03 Å². The van der Waals surface area contributed by atoms with Crippen molar-refractivity contribution in [2.24, 2.45) is 0 Å². The molecule has 0 aliphatic carbocycles. The van der Waals surface area contributed by atoms with E-state index in [1.54, 1.807) is 42.5 Å². The summed E-state index contributed by atoms with van der Waals surface area (Å²) < 4.78 is 26.4. The fourth-order valence-corrected chi connectivity index (χ4v) is 5.03. The number of hydrogen-bond donors (Lipinski definition) is 3. The second kappa shape index (κ2) is 17.6. The highest BCUT2D eigenvalue weighted by molar-refractivity contribution is 7.90. The third kappa shape index (κ3) is 13.3. The summed E-state index contributed by atoms with van der Waals surface area (Å²) in [5.74, 6) is -0.0320. The van der Waals surface area contributed by atoms with Crippen LogP contribution >= 0.6 is 0 Å². The Balaban J connectivity index is 1.55. The van der Waals surface area contributed by atoms with E-state index in [9.17, 15) is 18.0 Å². The summed E-state index contributed by atoms with van der Waals surface area (Å²) in [7, 11) is -3.95. The molecule has 0 fully saturated rings. The van der Waals surface area contributed by atoms with Gasteiger partial charge in [-0.15, -0.1) is 0 Å². The second-order valence-electron chi connectivity index (χ2n) is 9.49. The molecule has 0 spiro atoms. The van der Waals surface area contributed by atoms with E-state index < -0.39 is 16.1 Å². The Morgan fingerprint density at radius 1 is 0.622 bits per heavy atom. The molecule has 0 radical (unpaired) electrons. The molecular formula is C29H43N3O4S. The van der Waals surface area contributed by atoms with Crippen LogP contribution in [0.15, 0.2) is 59.5 Å². The molecule has 0 saturated carbocycles. The van der Waals surface area contributed by atoms with Crippen LogP contribution in [0.3, 0.4) is 0 Å². The molecule has 3 N–H and O–H groups in total. The SMILES string of the molecule is CCCCCCCCCCCCCCCC(=O)Nc1ccc(NC(=O)NS(=O)(=O)c2ccccc2)cc1. The number of amides is 3. The molecule has 0 heterocycles. The van der Waals surface area contributed by atoms with Crippen LogP contribution < -0.4 is 15.4 Å². The van der Waals surface area contributed by atoms with Gasteiger partial charge in [0.2, 0.25) is 5.91 Å². The fourth-order valence-electron chi connectivity index (χ4n) is 4.10. The van der Waals surface area contributed by atoms with E-state index in [0.29, 0.717) is 17.8 Å². The van der Waals surface area contributed by atoms with Gasteiger partial charge in [-0.25, -0.2) is 17.9 Å².